The number of benzene rings is 1. The second kappa shape index (κ2) is 7.31. The first-order chi connectivity index (χ1) is 9.22. The number of halogens is 1. The van der Waals surface area contributed by atoms with Crippen molar-refractivity contribution in [3.8, 4) is 0 Å². The molecule has 0 unspecified atom stereocenters. The molecule has 0 aliphatic heterocycles. The molecule has 0 bridgehead atoms. The fourth-order valence-corrected chi connectivity index (χ4v) is 1.69. The van der Waals surface area contributed by atoms with Gasteiger partial charge in [-0.25, -0.2) is 4.39 Å². The minimum atomic E-state index is -0.271. The van der Waals surface area contributed by atoms with Gasteiger partial charge in [-0.3, -0.25) is 4.99 Å². The normalized spacial score (nSPS) is 12.0. The van der Waals surface area contributed by atoms with Gasteiger partial charge in [0.2, 0.25) is 0 Å². The number of nitrogens with one attached hydrogen (secondary N) is 1. The summed E-state index contributed by atoms with van der Waals surface area (Å²) in [5.41, 5.74) is 1.46. The van der Waals surface area contributed by atoms with Crippen LogP contribution in [0.25, 0.3) is 12.3 Å². The first-order valence-corrected chi connectivity index (χ1v) is 6.33. The molecule has 1 aromatic heterocycles. The Morgan fingerprint density at radius 3 is 2.58 bits per heavy atom. The fraction of sp³-hybridized carbons (Fsp3) is 0.188. The maximum atomic E-state index is 13.2. The van der Waals surface area contributed by atoms with Crippen molar-refractivity contribution in [2.75, 3.05) is 0 Å². The molecule has 3 heteroatoms. The third-order valence-corrected chi connectivity index (χ3v) is 2.44. The van der Waals surface area contributed by atoms with Gasteiger partial charge in [0.15, 0.2) is 0 Å². The van der Waals surface area contributed by atoms with Crippen LogP contribution in [0.2, 0.25) is 0 Å². The van der Waals surface area contributed by atoms with E-state index in [1.54, 1.807) is 18.5 Å². The van der Waals surface area contributed by atoms with Gasteiger partial charge in [0.25, 0.3) is 0 Å². The Morgan fingerprint density at radius 1 is 1.32 bits per heavy atom. The van der Waals surface area contributed by atoms with Crippen molar-refractivity contribution in [3.05, 3.63) is 58.5 Å². The van der Waals surface area contributed by atoms with Gasteiger partial charge in [-0.1, -0.05) is 32.6 Å². The average Bonchev–Trinajstić information content (AvgIpc) is 2.84. The van der Waals surface area contributed by atoms with E-state index in [9.17, 15) is 4.39 Å². The Labute approximate surface area is 113 Å². The van der Waals surface area contributed by atoms with Gasteiger partial charge in [-0.15, -0.1) is 0 Å². The van der Waals surface area contributed by atoms with Crippen LogP contribution in [-0.4, -0.2) is 11.2 Å². The molecule has 0 aliphatic rings. The Bertz CT molecular complexity index is 653. The quantitative estimate of drug-likeness (QED) is 0.802. The summed E-state index contributed by atoms with van der Waals surface area (Å²) >= 11 is 0. The summed E-state index contributed by atoms with van der Waals surface area (Å²) in [5, 5.41) is 1.66. The number of H-pyrrole nitrogens is 1. The van der Waals surface area contributed by atoms with Crippen molar-refractivity contribution >= 4 is 18.5 Å². The number of nitrogens with zero attached hydrogens (tertiary/aromatic N) is 1. The molecule has 0 saturated heterocycles. The highest BCUT2D eigenvalue weighted by Gasteiger charge is 2.03. The SMILES string of the molecule is C=c1[nH]cc/c1=C(/N=CC)c1cccc(F)c1.CC. The summed E-state index contributed by atoms with van der Waals surface area (Å²) in [5.74, 6) is -0.271. The minimum Gasteiger partial charge on any atom is -0.362 e. The van der Waals surface area contributed by atoms with E-state index >= 15 is 0 Å². The number of hydrogen-bond acceptors (Lipinski definition) is 1. The number of aromatic nitrogens is 1. The summed E-state index contributed by atoms with van der Waals surface area (Å²) in [6.07, 6.45) is 3.48. The van der Waals surface area contributed by atoms with Crippen LogP contribution in [0.1, 0.15) is 26.3 Å². The third-order valence-electron chi connectivity index (χ3n) is 2.44. The predicted octanol–water partition coefficient (Wildman–Crippen LogP) is 2.84. The molecule has 0 saturated carbocycles. The van der Waals surface area contributed by atoms with Crippen LogP contribution < -0.4 is 10.6 Å². The van der Waals surface area contributed by atoms with Gasteiger partial charge in [0, 0.05) is 28.5 Å². The smallest absolute Gasteiger partial charge is 0.123 e. The molecule has 2 rings (SSSR count). The fourth-order valence-electron chi connectivity index (χ4n) is 1.69. The number of aromatic amines is 1. The second-order valence-electron chi connectivity index (χ2n) is 3.62. The zero-order valence-electron chi connectivity index (χ0n) is 11.6. The van der Waals surface area contributed by atoms with Gasteiger partial charge < -0.3 is 4.98 Å². The van der Waals surface area contributed by atoms with E-state index in [0.717, 1.165) is 21.8 Å². The highest BCUT2D eigenvalue weighted by molar-refractivity contribution is 5.72. The highest BCUT2D eigenvalue weighted by atomic mass is 19.1. The van der Waals surface area contributed by atoms with Crippen LogP contribution in [-0.2, 0) is 0 Å². The predicted molar refractivity (Wildman–Crippen MR) is 80.0 cm³/mol. The molecular formula is C16H19FN2. The van der Waals surface area contributed by atoms with E-state index in [1.165, 1.54) is 12.1 Å². The van der Waals surface area contributed by atoms with Gasteiger partial charge in [0.05, 0.1) is 5.70 Å². The van der Waals surface area contributed by atoms with Crippen LogP contribution in [0, 0.1) is 5.82 Å². The maximum Gasteiger partial charge on any atom is 0.123 e. The lowest BCUT2D eigenvalue weighted by Crippen LogP contribution is -2.23. The lowest BCUT2D eigenvalue weighted by molar-refractivity contribution is 0.627. The van der Waals surface area contributed by atoms with E-state index in [4.69, 9.17) is 0 Å². The van der Waals surface area contributed by atoms with Crippen molar-refractivity contribution < 1.29 is 4.39 Å². The van der Waals surface area contributed by atoms with E-state index in [1.807, 2.05) is 32.9 Å². The molecule has 2 nitrogen and oxygen atoms in total. The molecule has 1 heterocycles. The second-order valence-corrected chi connectivity index (χ2v) is 3.62. The molecule has 1 N–H and O–H groups in total. The van der Waals surface area contributed by atoms with Crippen LogP contribution in [0.4, 0.5) is 4.39 Å². The van der Waals surface area contributed by atoms with Gasteiger partial charge >= 0.3 is 0 Å². The molecule has 0 radical (unpaired) electrons. The standard InChI is InChI=1S/C14H13FN2.C2H6/c1-3-16-14(13-7-8-17-10(13)2)11-5-4-6-12(15)9-11;1-2/h3-9,17H,2H2,1H3;1-2H3/b14-13-,16-3?;. The first-order valence-electron chi connectivity index (χ1n) is 6.33. The van der Waals surface area contributed by atoms with Crippen LogP contribution in [0.3, 0.4) is 0 Å². The van der Waals surface area contributed by atoms with E-state index in [-0.39, 0.29) is 5.82 Å². The van der Waals surface area contributed by atoms with Gasteiger partial charge in [-0.05, 0) is 25.1 Å². The van der Waals surface area contributed by atoms with E-state index < -0.39 is 0 Å². The summed E-state index contributed by atoms with van der Waals surface area (Å²) in [4.78, 5) is 7.30. The summed E-state index contributed by atoms with van der Waals surface area (Å²) in [6.45, 7) is 9.72. The maximum absolute atomic E-state index is 13.2. The molecule has 0 aliphatic carbocycles. The Balaban J connectivity index is 0.000000861. The zero-order valence-corrected chi connectivity index (χ0v) is 11.6. The van der Waals surface area contributed by atoms with Crippen molar-refractivity contribution in [3.63, 3.8) is 0 Å². The molecule has 0 atom stereocenters. The van der Waals surface area contributed by atoms with Crippen molar-refractivity contribution in [1.29, 1.82) is 0 Å². The molecule has 0 amide bonds. The van der Waals surface area contributed by atoms with Crippen LogP contribution >= 0.6 is 0 Å². The molecule has 2 aromatic rings. The molecular weight excluding hydrogens is 239 g/mol. The molecule has 0 fully saturated rings. The van der Waals surface area contributed by atoms with Gasteiger partial charge in [-0.2, -0.15) is 0 Å². The lowest BCUT2D eigenvalue weighted by Gasteiger charge is -2.01. The van der Waals surface area contributed by atoms with E-state index in [0.29, 0.717) is 0 Å². The molecule has 0 spiro atoms. The van der Waals surface area contributed by atoms with Crippen LogP contribution in [0.15, 0.2) is 41.5 Å². The highest BCUT2D eigenvalue weighted by Crippen LogP contribution is 2.13. The summed E-state index contributed by atoms with van der Waals surface area (Å²) < 4.78 is 13.2. The minimum absolute atomic E-state index is 0.271. The monoisotopic (exact) mass is 258 g/mol. The third kappa shape index (κ3) is 3.65. The summed E-state index contributed by atoms with van der Waals surface area (Å²) in [7, 11) is 0. The average molecular weight is 258 g/mol. The Morgan fingerprint density at radius 2 is 2.05 bits per heavy atom. The Kier molecular flexibility index (Phi) is 5.73. The largest absolute Gasteiger partial charge is 0.362 e. The lowest BCUT2D eigenvalue weighted by atomic mass is 10.1. The Hall–Kier alpha value is -2.16. The first kappa shape index (κ1) is 14.9. The number of hydrogen-bond donors (Lipinski definition) is 1. The van der Waals surface area contributed by atoms with Crippen LogP contribution in [0.5, 0.6) is 0 Å². The topological polar surface area (TPSA) is 28.1 Å². The zero-order chi connectivity index (χ0) is 14.3. The van der Waals surface area contributed by atoms with Crippen molar-refractivity contribution in [2.24, 2.45) is 4.99 Å². The van der Waals surface area contributed by atoms with Crippen molar-refractivity contribution in [2.45, 2.75) is 20.8 Å². The number of aliphatic imine (C=N–C) groups is 1. The van der Waals surface area contributed by atoms with Gasteiger partial charge in [0.1, 0.15) is 5.82 Å². The number of rotatable bonds is 2. The molecule has 1 aromatic carbocycles. The van der Waals surface area contributed by atoms with Crippen molar-refractivity contribution in [1.82, 2.24) is 4.98 Å². The summed E-state index contributed by atoms with van der Waals surface area (Å²) in [6, 6.07) is 8.27. The molecule has 19 heavy (non-hydrogen) atoms. The molecule has 100 valence electrons. The van der Waals surface area contributed by atoms with E-state index in [2.05, 4.69) is 16.6 Å².